The summed E-state index contributed by atoms with van der Waals surface area (Å²) in [6, 6.07) is 13.3. The molecule has 0 saturated heterocycles. The van der Waals surface area contributed by atoms with Crippen molar-refractivity contribution in [2.24, 2.45) is 0 Å². The molecule has 0 aliphatic carbocycles. The normalized spacial score (nSPS) is 10.5. The maximum atomic E-state index is 8.92. The number of nitrogens with zero attached hydrogens (tertiary/aromatic N) is 1. The third-order valence-corrected chi connectivity index (χ3v) is 4.63. The van der Waals surface area contributed by atoms with Crippen LogP contribution in [0.4, 0.5) is 5.69 Å². The Morgan fingerprint density at radius 1 is 1.29 bits per heavy atom. The molecule has 6 heteroatoms. The first-order valence-corrected chi connectivity index (χ1v) is 8.05. The summed E-state index contributed by atoms with van der Waals surface area (Å²) in [5, 5.41) is 10.6. The Kier molecular flexibility index (Phi) is 4.11. The lowest BCUT2D eigenvalue weighted by Crippen LogP contribution is -1.89. The van der Waals surface area contributed by atoms with Crippen molar-refractivity contribution in [1.29, 1.82) is 5.26 Å². The summed E-state index contributed by atoms with van der Waals surface area (Å²) in [7, 11) is 0. The fourth-order valence-electron chi connectivity index (χ4n) is 1.99. The van der Waals surface area contributed by atoms with E-state index in [9.17, 15) is 0 Å². The van der Waals surface area contributed by atoms with Crippen LogP contribution in [0.25, 0.3) is 10.9 Å². The van der Waals surface area contributed by atoms with Gasteiger partial charge in [0.1, 0.15) is 0 Å². The number of H-pyrrole nitrogens is 1. The van der Waals surface area contributed by atoms with Crippen LogP contribution in [0.2, 0.25) is 5.02 Å². The van der Waals surface area contributed by atoms with Crippen molar-refractivity contribution < 1.29 is 0 Å². The van der Waals surface area contributed by atoms with Crippen molar-refractivity contribution in [2.75, 3.05) is 4.72 Å². The summed E-state index contributed by atoms with van der Waals surface area (Å²) in [6.45, 7) is 0. The summed E-state index contributed by atoms with van der Waals surface area (Å²) in [4.78, 5) is 4.17. The number of nitrogens with one attached hydrogen (secondary N) is 2. The van der Waals surface area contributed by atoms with Crippen LogP contribution in [-0.2, 0) is 0 Å². The van der Waals surface area contributed by atoms with Crippen LogP contribution in [0.3, 0.4) is 0 Å². The van der Waals surface area contributed by atoms with Gasteiger partial charge in [0.15, 0.2) is 0 Å². The zero-order valence-corrected chi connectivity index (χ0v) is 13.8. The van der Waals surface area contributed by atoms with Gasteiger partial charge in [-0.3, -0.25) is 0 Å². The van der Waals surface area contributed by atoms with Crippen molar-refractivity contribution in [3.05, 3.63) is 57.7 Å². The number of aromatic nitrogens is 1. The minimum absolute atomic E-state index is 0.639. The number of fused-ring (bicyclic) bond motifs is 1. The van der Waals surface area contributed by atoms with Gasteiger partial charge >= 0.3 is 0 Å². The predicted octanol–water partition coefficient (Wildman–Crippen LogP) is 5.57. The standard InChI is InChI=1S/C15H9BrClN3S/c16-13-8-19-15-12(13)5-10(17)6-14(15)20-21-11-3-1-2-9(4-11)7-18/h1-6,8,19-20H. The topological polar surface area (TPSA) is 51.6 Å². The molecule has 0 aliphatic rings. The Morgan fingerprint density at radius 2 is 2.14 bits per heavy atom. The van der Waals surface area contributed by atoms with Crippen molar-refractivity contribution in [1.82, 2.24) is 4.98 Å². The molecule has 0 bridgehead atoms. The molecular formula is C15H9BrClN3S. The van der Waals surface area contributed by atoms with Crippen molar-refractivity contribution >= 4 is 56.1 Å². The van der Waals surface area contributed by atoms with Gasteiger partial charge in [-0.05, 0) is 58.2 Å². The molecular weight excluding hydrogens is 370 g/mol. The number of anilines is 1. The van der Waals surface area contributed by atoms with E-state index in [1.165, 1.54) is 11.9 Å². The number of hydrogen-bond acceptors (Lipinski definition) is 3. The summed E-state index contributed by atoms with van der Waals surface area (Å²) >= 11 is 11.1. The van der Waals surface area contributed by atoms with Gasteiger partial charge in [0.25, 0.3) is 0 Å². The average Bonchev–Trinajstić information content (AvgIpc) is 2.86. The summed E-state index contributed by atoms with van der Waals surface area (Å²) in [5.74, 6) is 0. The molecule has 3 rings (SSSR count). The van der Waals surface area contributed by atoms with Crippen LogP contribution >= 0.6 is 39.5 Å². The first-order valence-electron chi connectivity index (χ1n) is 6.06. The van der Waals surface area contributed by atoms with E-state index >= 15 is 0 Å². The second kappa shape index (κ2) is 6.02. The van der Waals surface area contributed by atoms with E-state index in [1.54, 1.807) is 6.07 Å². The number of nitriles is 1. The number of aromatic amines is 1. The van der Waals surface area contributed by atoms with Gasteiger partial charge in [0, 0.05) is 26.0 Å². The van der Waals surface area contributed by atoms with Crippen molar-refractivity contribution in [3.63, 3.8) is 0 Å². The number of hydrogen-bond donors (Lipinski definition) is 2. The Bertz CT molecular complexity index is 854. The van der Waals surface area contributed by atoms with Gasteiger partial charge in [0.05, 0.1) is 22.8 Å². The highest BCUT2D eigenvalue weighted by atomic mass is 79.9. The molecule has 0 fully saturated rings. The van der Waals surface area contributed by atoms with Crippen molar-refractivity contribution in [2.45, 2.75) is 4.90 Å². The van der Waals surface area contributed by atoms with E-state index in [0.29, 0.717) is 10.6 Å². The van der Waals surface area contributed by atoms with Gasteiger partial charge in [-0.2, -0.15) is 5.26 Å². The Hall–Kier alpha value is -1.61. The third kappa shape index (κ3) is 3.03. The Balaban J connectivity index is 1.90. The van der Waals surface area contributed by atoms with Crippen LogP contribution in [-0.4, -0.2) is 4.98 Å². The first-order chi connectivity index (χ1) is 10.2. The first kappa shape index (κ1) is 14.3. The second-order valence-corrected chi connectivity index (χ2v) is 6.53. The van der Waals surface area contributed by atoms with Crippen molar-refractivity contribution in [3.8, 4) is 6.07 Å². The lowest BCUT2D eigenvalue weighted by Gasteiger charge is -2.08. The maximum absolute atomic E-state index is 8.92. The molecule has 2 N–H and O–H groups in total. The highest BCUT2D eigenvalue weighted by Crippen LogP contribution is 2.34. The number of benzene rings is 2. The van der Waals surface area contributed by atoms with E-state index < -0.39 is 0 Å². The van der Waals surface area contributed by atoms with Crippen LogP contribution < -0.4 is 4.72 Å². The molecule has 0 unspecified atom stereocenters. The molecule has 0 saturated carbocycles. The van der Waals surface area contributed by atoms with Gasteiger partial charge in [0.2, 0.25) is 0 Å². The average molecular weight is 379 g/mol. The molecule has 0 radical (unpaired) electrons. The summed E-state index contributed by atoms with van der Waals surface area (Å²) in [6.07, 6.45) is 1.88. The van der Waals surface area contributed by atoms with Gasteiger partial charge in [-0.1, -0.05) is 17.7 Å². The summed E-state index contributed by atoms with van der Waals surface area (Å²) in [5.41, 5.74) is 2.52. The molecule has 0 spiro atoms. The molecule has 0 amide bonds. The molecule has 1 heterocycles. The number of rotatable bonds is 3. The van der Waals surface area contributed by atoms with E-state index in [2.05, 4.69) is 31.7 Å². The Morgan fingerprint density at radius 3 is 2.95 bits per heavy atom. The third-order valence-electron chi connectivity index (χ3n) is 2.95. The van der Waals surface area contributed by atoms with Crippen LogP contribution in [0, 0.1) is 11.3 Å². The predicted molar refractivity (Wildman–Crippen MR) is 91.6 cm³/mol. The van der Waals surface area contributed by atoms with Gasteiger partial charge in [-0.25, -0.2) is 0 Å². The van der Waals surface area contributed by atoms with E-state index in [4.69, 9.17) is 16.9 Å². The minimum atomic E-state index is 0.639. The second-order valence-electron chi connectivity index (χ2n) is 4.36. The molecule has 0 aliphatic heterocycles. The molecule has 104 valence electrons. The fourth-order valence-corrected chi connectivity index (χ4v) is 3.35. The Labute approximate surface area is 139 Å². The van der Waals surface area contributed by atoms with Gasteiger partial charge < -0.3 is 9.71 Å². The quantitative estimate of drug-likeness (QED) is 0.585. The van der Waals surface area contributed by atoms with Crippen LogP contribution in [0.5, 0.6) is 0 Å². The zero-order chi connectivity index (χ0) is 14.8. The molecule has 3 nitrogen and oxygen atoms in total. The smallest absolute Gasteiger partial charge is 0.0992 e. The van der Waals surface area contributed by atoms with E-state index in [0.717, 1.165) is 26.0 Å². The minimum Gasteiger partial charge on any atom is -0.358 e. The lowest BCUT2D eigenvalue weighted by atomic mass is 10.2. The van der Waals surface area contributed by atoms with E-state index in [1.807, 2.05) is 36.5 Å². The van der Waals surface area contributed by atoms with Crippen LogP contribution in [0.15, 0.2) is 52.0 Å². The fraction of sp³-hybridized carbons (Fsp3) is 0. The van der Waals surface area contributed by atoms with Gasteiger partial charge in [-0.15, -0.1) is 0 Å². The highest BCUT2D eigenvalue weighted by Gasteiger charge is 2.08. The zero-order valence-electron chi connectivity index (χ0n) is 10.7. The molecule has 0 atom stereocenters. The molecule has 1 aromatic heterocycles. The number of halogens is 2. The SMILES string of the molecule is N#Cc1cccc(SNc2cc(Cl)cc3c(Br)c[nH]c23)c1. The van der Waals surface area contributed by atoms with Crippen LogP contribution in [0.1, 0.15) is 5.56 Å². The largest absolute Gasteiger partial charge is 0.358 e. The monoisotopic (exact) mass is 377 g/mol. The molecule has 21 heavy (non-hydrogen) atoms. The maximum Gasteiger partial charge on any atom is 0.0992 e. The molecule has 2 aromatic carbocycles. The highest BCUT2D eigenvalue weighted by molar-refractivity contribution is 9.10. The summed E-state index contributed by atoms with van der Waals surface area (Å²) < 4.78 is 4.25. The van der Waals surface area contributed by atoms with E-state index in [-0.39, 0.29) is 0 Å². The molecule has 3 aromatic rings. The lowest BCUT2D eigenvalue weighted by molar-refractivity contribution is 1.40.